The van der Waals surface area contributed by atoms with Gasteiger partial charge in [-0.15, -0.1) is 0 Å². The van der Waals surface area contributed by atoms with Crippen molar-refractivity contribution in [2.75, 3.05) is 11.9 Å². The number of pyridine rings is 1. The lowest BCUT2D eigenvalue weighted by atomic mass is 9.93. The van der Waals surface area contributed by atoms with Gasteiger partial charge in [-0.25, -0.2) is 4.98 Å². The van der Waals surface area contributed by atoms with Gasteiger partial charge in [0, 0.05) is 46.4 Å². The van der Waals surface area contributed by atoms with Crippen LogP contribution in [0.15, 0.2) is 41.3 Å². The van der Waals surface area contributed by atoms with Crippen LogP contribution in [-0.4, -0.2) is 49.9 Å². The van der Waals surface area contributed by atoms with Gasteiger partial charge in [-0.3, -0.25) is 9.36 Å². The molecule has 0 spiro atoms. The standard InChI is InChI=1S/C36H57ClN4O3Si2/c1-24(2)46(25(3)4,26(5)6)43-21-20-41-33-27(22-31(34(41)42)30-14-12-13-15-32(30)37)23-38-35(40-33)39-28-16-18-29(19-17-28)44-45(10,11)36(7,8)9/h12-15,22-26,28-29H,16-21H2,1-11H3,(H,38,39,40). The molecule has 1 fully saturated rings. The number of rotatable bonds is 12. The number of nitrogens with zero attached hydrogens (tertiary/aromatic N) is 3. The number of benzene rings is 1. The average molecular weight is 686 g/mol. The third kappa shape index (κ3) is 7.80. The van der Waals surface area contributed by atoms with Crippen molar-refractivity contribution in [3.8, 4) is 11.1 Å². The van der Waals surface area contributed by atoms with Gasteiger partial charge in [-0.1, -0.05) is 92.1 Å². The van der Waals surface area contributed by atoms with Crippen LogP contribution in [-0.2, 0) is 15.4 Å². The summed E-state index contributed by atoms with van der Waals surface area (Å²) in [5.41, 5.74) is 3.11. The first-order valence-corrected chi connectivity index (χ1v) is 22.6. The van der Waals surface area contributed by atoms with Crippen molar-refractivity contribution in [3.05, 3.63) is 51.9 Å². The molecule has 46 heavy (non-hydrogen) atoms. The van der Waals surface area contributed by atoms with Crippen LogP contribution in [0.1, 0.15) is 88.0 Å². The number of hydrogen-bond donors (Lipinski definition) is 1. The molecule has 2 aromatic heterocycles. The molecule has 4 rings (SSSR count). The van der Waals surface area contributed by atoms with E-state index in [2.05, 4.69) is 80.7 Å². The first-order valence-electron chi connectivity index (χ1n) is 17.2. The lowest BCUT2D eigenvalue weighted by Gasteiger charge is -2.42. The van der Waals surface area contributed by atoms with Crippen molar-refractivity contribution in [2.24, 2.45) is 0 Å². The maximum Gasteiger partial charge on any atom is 0.260 e. The molecule has 3 aromatic rings. The Morgan fingerprint density at radius 3 is 2.15 bits per heavy atom. The van der Waals surface area contributed by atoms with E-state index in [0.717, 1.165) is 31.1 Å². The van der Waals surface area contributed by atoms with E-state index in [9.17, 15) is 4.79 Å². The summed E-state index contributed by atoms with van der Waals surface area (Å²) in [4.78, 5) is 23.9. The number of aromatic nitrogens is 3. The van der Waals surface area contributed by atoms with Crippen LogP contribution in [0.4, 0.5) is 5.95 Å². The molecule has 1 aromatic carbocycles. The van der Waals surface area contributed by atoms with Crippen LogP contribution in [0.25, 0.3) is 22.2 Å². The molecule has 0 amide bonds. The minimum Gasteiger partial charge on any atom is -0.414 e. The summed E-state index contributed by atoms with van der Waals surface area (Å²) in [5.74, 6) is 0.552. The quantitative estimate of drug-likeness (QED) is 0.191. The Hall–Kier alpha value is -2.05. The predicted octanol–water partition coefficient (Wildman–Crippen LogP) is 10.0. The molecule has 254 valence electrons. The molecule has 1 saturated carbocycles. The summed E-state index contributed by atoms with van der Waals surface area (Å²) in [5, 5.41) is 5.13. The van der Waals surface area contributed by atoms with Gasteiger partial charge < -0.3 is 14.2 Å². The van der Waals surface area contributed by atoms with Crippen molar-refractivity contribution in [1.82, 2.24) is 14.5 Å². The van der Waals surface area contributed by atoms with Crippen molar-refractivity contribution >= 4 is 45.2 Å². The van der Waals surface area contributed by atoms with E-state index in [-0.39, 0.29) is 16.6 Å². The normalized spacial score (nSPS) is 18.2. The highest BCUT2D eigenvalue weighted by atomic mass is 35.5. The molecule has 0 aliphatic heterocycles. The van der Waals surface area contributed by atoms with Crippen molar-refractivity contribution < 1.29 is 8.85 Å². The third-order valence-corrected chi connectivity index (χ3v) is 21.6. The van der Waals surface area contributed by atoms with Gasteiger partial charge in [0.15, 0.2) is 16.6 Å². The molecule has 0 bridgehead atoms. The third-order valence-electron chi connectivity index (χ3n) is 10.6. The summed E-state index contributed by atoms with van der Waals surface area (Å²) < 4.78 is 15.4. The topological polar surface area (TPSA) is 78.3 Å². The van der Waals surface area contributed by atoms with Gasteiger partial charge in [-0.05, 0) is 72.6 Å². The molecular formula is C36H57ClN4O3Si2. The monoisotopic (exact) mass is 684 g/mol. The zero-order valence-electron chi connectivity index (χ0n) is 30.0. The van der Waals surface area contributed by atoms with E-state index in [1.807, 2.05) is 36.5 Å². The molecular weight excluding hydrogens is 628 g/mol. The molecule has 0 unspecified atom stereocenters. The second kappa shape index (κ2) is 14.6. The molecule has 1 aliphatic rings. The fourth-order valence-electron chi connectivity index (χ4n) is 7.22. The Kier molecular flexibility index (Phi) is 11.7. The zero-order valence-corrected chi connectivity index (χ0v) is 32.8. The largest absolute Gasteiger partial charge is 0.414 e. The lowest BCUT2D eigenvalue weighted by molar-refractivity contribution is 0.133. The highest BCUT2D eigenvalue weighted by molar-refractivity contribution is 6.77. The van der Waals surface area contributed by atoms with Crippen molar-refractivity contribution in [2.45, 2.75) is 141 Å². The Morgan fingerprint density at radius 2 is 1.59 bits per heavy atom. The summed E-state index contributed by atoms with van der Waals surface area (Å²) >= 11 is 6.59. The number of nitrogens with one attached hydrogen (secondary N) is 1. The second-order valence-electron chi connectivity index (χ2n) is 15.6. The summed E-state index contributed by atoms with van der Waals surface area (Å²) in [6, 6.07) is 9.62. The van der Waals surface area contributed by atoms with Gasteiger partial charge in [0.25, 0.3) is 5.56 Å². The molecule has 7 nitrogen and oxygen atoms in total. The number of anilines is 1. The predicted molar refractivity (Wildman–Crippen MR) is 199 cm³/mol. The number of hydrogen-bond acceptors (Lipinski definition) is 6. The highest BCUT2D eigenvalue weighted by Gasteiger charge is 2.45. The van der Waals surface area contributed by atoms with E-state index < -0.39 is 16.6 Å². The zero-order chi connectivity index (χ0) is 34.0. The summed E-state index contributed by atoms with van der Waals surface area (Å²) in [6.45, 7) is 26.1. The summed E-state index contributed by atoms with van der Waals surface area (Å²) in [6.07, 6.45) is 6.17. The molecule has 1 aliphatic carbocycles. The SMILES string of the molecule is CC(C)[Si](OCCn1c(=O)c(-c2ccccc2Cl)cc2cnc(NC3CCC(O[Si](C)(C)C(C)(C)C)CC3)nc21)(C(C)C)C(C)C. The van der Waals surface area contributed by atoms with Crippen LogP contribution in [0, 0.1) is 0 Å². The van der Waals surface area contributed by atoms with E-state index >= 15 is 0 Å². The smallest absolute Gasteiger partial charge is 0.260 e. The van der Waals surface area contributed by atoms with Gasteiger partial charge >= 0.3 is 0 Å². The summed E-state index contributed by atoms with van der Waals surface area (Å²) in [7, 11) is -3.91. The number of fused-ring (bicyclic) bond motifs is 1. The minimum atomic E-state index is -2.11. The van der Waals surface area contributed by atoms with Gasteiger partial charge in [0.1, 0.15) is 5.65 Å². The van der Waals surface area contributed by atoms with Crippen molar-refractivity contribution in [3.63, 3.8) is 0 Å². The van der Waals surface area contributed by atoms with Crippen LogP contribution in [0.5, 0.6) is 0 Å². The van der Waals surface area contributed by atoms with E-state index in [1.165, 1.54) is 0 Å². The minimum absolute atomic E-state index is 0.122. The van der Waals surface area contributed by atoms with Crippen LogP contribution >= 0.6 is 11.6 Å². The van der Waals surface area contributed by atoms with Crippen molar-refractivity contribution in [1.29, 1.82) is 0 Å². The van der Waals surface area contributed by atoms with Crippen LogP contribution in [0.2, 0.25) is 39.8 Å². The molecule has 10 heteroatoms. The van der Waals surface area contributed by atoms with Crippen LogP contribution < -0.4 is 10.9 Å². The Morgan fingerprint density at radius 1 is 0.978 bits per heavy atom. The molecule has 0 atom stereocenters. The Balaban J connectivity index is 1.62. The maximum atomic E-state index is 14.2. The van der Waals surface area contributed by atoms with Gasteiger partial charge in [0.2, 0.25) is 5.95 Å². The van der Waals surface area contributed by atoms with Gasteiger partial charge in [0.05, 0.1) is 6.61 Å². The molecule has 0 radical (unpaired) electrons. The Labute approximate surface area is 284 Å². The fourth-order valence-corrected chi connectivity index (χ4v) is 14.3. The molecule has 0 saturated heterocycles. The highest BCUT2D eigenvalue weighted by Crippen LogP contribution is 2.42. The number of halogens is 1. The Bertz CT molecular complexity index is 1520. The average Bonchev–Trinajstić information content (AvgIpc) is 2.96. The molecule has 2 heterocycles. The maximum absolute atomic E-state index is 14.2. The first-order chi connectivity index (χ1) is 21.5. The first kappa shape index (κ1) is 36.8. The second-order valence-corrected chi connectivity index (χ2v) is 26.3. The van der Waals surface area contributed by atoms with Crippen LogP contribution in [0.3, 0.4) is 0 Å². The lowest BCUT2D eigenvalue weighted by Crippen LogP contribution is -2.48. The van der Waals surface area contributed by atoms with Gasteiger partial charge in [-0.2, -0.15) is 4.98 Å². The van der Waals surface area contributed by atoms with E-state index in [4.69, 9.17) is 30.4 Å². The van der Waals surface area contributed by atoms with E-state index in [1.54, 1.807) is 4.57 Å². The molecule has 1 N–H and O–H groups in total. The van der Waals surface area contributed by atoms with E-state index in [0.29, 0.717) is 63.6 Å². The fraction of sp³-hybridized carbons (Fsp3) is 0.639.